The number of furan rings is 1. The number of thioether (sulfide) groups is 1. The fourth-order valence-electron chi connectivity index (χ4n) is 3.19. The van der Waals surface area contributed by atoms with E-state index < -0.39 is 0 Å². The summed E-state index contributed by atoms with van der Waals surface area (Å²) in [6.07, 6.45) is 3.36. The van der Waals surface area contributed by atoms with Crippen molar-refractivity contribution in [2.45, 2.75) is 17.8 Å². The molecule has 148 valence electrons. The van der Waals surface area contributed by atoms with Gasteiger partial charge < -0.3 is 8.83 Å². The standard InChI is InChI=1S/C23H18N4O2S/c1-16-20(12-13-28-16)21-25-26-23(27(21)19-10-6-3-7-11-19)30-15-18-14-29-22(24-18)17-8-4-2-5-9-17/h2-14H,15H2,1H3. The van der Waals surface area contributed by atoms with Crippen LogP contribution in [0.4, 0.5) is 0 Å². The molecule has 0 radical (unpaired) electrons. The van der Waals surface area contributed by atoms with Crippen LogP contribution in [0.5, 0.6) is 0 Å². The highest BCUT2D eigenvalue weighted by molar-refractivity contribution is 7.98. The Morgan fingerprint density at radius 3 is 2.40 bits per heavy atom. The van der Waals surface area contributed by atoms with Crippen LogP contribution in [-0.2, 0) is 5.75 Å². The molecule has 0 saturated carbocycles. The summed E-state index contributed by atoms with van der Waals surface area (Å²) < 4.78 is 13.2. The minimum atomic E-state index is 0.616. The molecule has 0 amide bonds. The van der Waals surface area contributed by atoms with Gasteiger partial charge in [0.05, 0.1) is 17.5 Å². The largest absolute Gasteiger partial charge is 0.469 e. The van der Waals surface area contributed by atoms with Crippen LogP contribution in [0.2, 0.25) is 0 Å². The minimum absolute atomic E-state index is 0.616. The molecular formula is C23H18N4O2S. The molecule has 0 fully saturated rings. The first kappa shape index (κ1) is 18.4. The second-order valence-corrected chi connectivity index (χ2v) is 7.61. The molecule has 0 saturated heterocycles. The number of benzene rings is 2. The summed E-state index contributed by atoms with van der Waals surface area (Å²) in [5.74, 6) is 2.79. The van der Waals surface area contributed by atoms with Gasteiger partial charge in [-0.1, -0.05) is 48.2 Å². The smallest absolute Gasteiger partial charge is 0.226 e. The van der Waals surface area contributed by atoms with Gasteiger partial charge in [-0.25, -0.2) is 4.98 Å². The van der Waals surface area contributed by atoms with E-state index in [1.165, 1.54) is 0 Å². The highest BCUT2D eigenvalue weighted by Gasteiger charge is 2.19. The van der Waals surface area contributed by atoms with Crippen LogP contribution in [0.15, 0.2) is 93.2 Å². The van der Waals surface area contributed by atoms with Gasteiger partial charge in [-0.2, -0.15) is 0 Å². The lowest BCUT2D eigenvalue weighted by Crippen LogP contribution is -1.99. The van der Waals surface area contributed by atoms with E-state index in [9.17, 15) is 0 Å². The maximum Gasteiger partial charge on any atom is 0.226 e. The van der Waals surface area contributed by atoms with E-state index in [1.54, 1.807) is 24.3 Å². The molecule has 7 heteroatoms. The molecule has 0 N–H and O–H groups in total. The lowest BCUT2D eigenvalue weighted by Gasteiger charge is -2.09. The van der Waals surface area contributed by atoms with Crippen molar-refractivity contribution < 1.29 is 8.83 Å². The first-order valence-corrected chi connectivity index (χ1v) is 10.5. The monoisotopic (exact) mass is 414 g/mol. The topological polar surface area (TPSA) is 69.9 Å². The van der Waals surface area contributed by atoms with E-state index in [2.05, 4.69) is 15.2 Å². The number of rotatable bonds is 6. The highest BCUT2D eigenvalue weighted by Crippen LogP contribution is 2.31. The fraction of sp³-hybridized carbons (Fsp3) is 0.0870. The second kappa shape index (κ2) is 8.04. The summed E-state index contributed by atoms with van der Waals surface area (Å²) in [7, 11) is 0. The zero-order valence-electron chi connectivity index (χ0n) is 16.2. The molecule has 3 aromatic heterocycles. The van der Waals surface area contributed by atoms with Crippen molar-refractivity contribution in [1.82, 2.24) is 19.7 Å². The van der Waals surface area contributed by atoms with Gasteiger partial charge in [0.2, 0.25) is 5.89 Å². The van der Waals surface area contributed by atoms with Crippen LogP contribution in [0, 0.1) is 6.92 Å². The quantitative estimate of drug-likeness (QED) is 0.328. The average molecular weight is 414 g/mol. The van der Waals surface area contributed by atoms with Gasteiger partial charge in [0.1, 0.15) is 12.0 Å². The molecule has 5 rings (SSSR count). The van der Waals surface area contributed by atoms with Gasteiger partial charge >= 0.3 is 0 Å². The molecule has 3 heterocycles. The third-order valence-electron chi connectivity index (χ3n) is 4.67. The van der Waals surface area contributed by atoms with Gasteiger partial charge in [-0.15, -0.1) is 10.2 Å². The molecule has 0 spiro atoms. The number of aromatic nitrogens is 4. The molecule has 0 aliphatic heterocycles. The lowest BCUT2D eigenvalue weighted by atomic mass is 10.2. The fourth-order valence-corrected chi connectivity index (χ4v) is 4.02. The summed E-state index contributed by atoms with van der Waals surface area (Å²) in [5, 5.41) is 9.67. The van der Waals surface area contributed by atoms with Gasteiger partial charge in [-0.3, -0.25) is 4.57 Å². The number of nitrogens with zero attached hydrogens (tertiary/aromatic N) is 4. The Hall–Kier alpha value is -3.58. The van der Waals surface area contributed by atoms with Crippen LogP contribution in [0.3, 0.4) is 0 Å². The maximum absolute atomic E-state index is 5.65. The van der Waals surface area contributed by atoms with Gasteiger partial charge in [0, 0.05) is 17.0 Å². The summed E-state index contributed by atoms with van der Waals surface area (Å²) >= 11 is 1.56. The molecule has 6 nitrogen and oxygen atoms in total. The van der Waals surface area contributed by atoms with Crippen molar-refractivity contribution in [3.63, 3.8) is 0 Å². The summed E-state index contributed by atoms with van der Waals surface area (Å²) in [6, 6.07) is 21.8. The first-order chi connectivity index (χ1) is 14.8. The van der Waals surface area contributed by atoms with Crippen LogP contribution in [0.1, 0.15) is 11.5 Å². The van der Waals surface area contributed by atoms with Crippen molar-refractivity contribution in [2.75, 3.05) is 0 Å². The predicted octanol–water partition coefficient (Wildman–Crippen LogP) is 5.78. The van der Waals surface area contributed by atoms with E-state index in [1.807, 2.05) is 78.2 Å². The van der Waals surface area contributed by atoms with Crippen molar-refractivity contribution in [1.29, 1.82) is 0 Å². The van der Waals surface area contributed by atoms with E-state index in [0.29, 0.717) is 11.6 Å². The summed E-state index contributed by atoms with van der Waals surface area (Å²) in [6.45, 7) is 1.92. The Morgan fingerprint density at radius 2 is 1.67 bits per heavy atom. The Balaban J connectivity index is 1.45. The van der Waals surface area contributed by atoms with Crippen molar-refractivity contribution in [3.05, 3.63) is 90.7 Å². The summed E-state index contributed by atoms with van der Waals surface area (Å²) in [4.78, 5) is 4.61. The lowest BCUT2D eigenvalue weighted by molar-refractivity contribution is 0.535. The van der Waals surface area contributed by atoms with E-state index >= 15 is 0 Å². The normalized spacial score (nSPS) is 11.1. The van der Waals surface area contributed by atoms with E-state index in [4.69, 9.17) is 8.83 Å². The molecular weight excluding hydrogens is 396 g/mol. The van der Waals surface area contributed by atoms with Crippen LogP contribution in [0.25, 0.3) is 28.5 Å². The van der Waals surface area contributed by atoms with Gasteiger partial charge in [0.15, 0.2) is 11.0 Å². The molecule has 0 aliphatic rings. The molecule has 0 atom stereocenters. The zero-order chi connectivity index (χ0) is 20.3. The number of oxazole rings is 1. The van der Waals surface area contributed by atoms with Crippen LogP contribution >= 0.6 is 11.8 Å². The number of hydrogen-bond acceptors (Lipinski definition) is 6. The van der Waals surface area contributed by atoms with Crippen LogP contribution in [-0.4, -0.2) is 19.7 Å². The Morgan fingerprint density at radius 1 is 0.900 bits per heavy atom. The maximum atomic E-state index is 5.65. The Kier molecular flexibility index (Phi) is 4.94. The SMILES string of the molecule is Cc1occc1-c1nnc(SCc2coc(-c3ccccc3)n2)n1-c1ccccc1. The Bertz CT molecular complexity index is 1260. The molecule has 2 aromatic carbocycles. The number of aryl methyl sites for hydroxylation is 1. The van der Waals surface area contributed by atoms with Crippen molar-refractivity contribution in [3.8, 4) is 28.5 Å². The third-order valence-corrected chi connectivity index (χ3v) is 5.63. The molecule has 30 heavy (non-hydrogen) atoms. The minimum Gasteiger partial charge on any atom is -0.469 e. The van der Waals surface area contributed by atoms with E-state index in [-0.39, 0.29) is 0 Å². The third kappa shape index (κ3) is 3.55. The number of hydrogen-bond donors (Lipinski definition) is 0. The van der Waals surface area contributed by atoms with Crippen molar-refractivity contribution in [2.24, 2.45) is 0 Å². The first-order valence-electron chi connectivity index (χ1n) is 9.47. The highest BCUT2D eigenvalue weighted by atomic mass is 32.2. The van der Waals surface area contributed by atoms with E-state index in [0.717, 1.165) is 39.2 Å². The number of para-hydroxylation sites is 1. The second-order valence-electron chi connectivity index (χ2n) is 6.67. The van der Waals surface area contributed by atoms with Gasteiger partial charge in [-0.05, 0) is 37.3 Å². The van der Waals surface area contributed by atoms with Crippen molar-refractivity contribution >= 4 is 11.8 Å². The Labute approximate surface area is 177 Å². The molecule has 5 aromatic rings. The van der Waals surface area contributed by atoms with Gasteiger partial charge in [0.25, 0.3) is 0 Å². The molecule has 0 bridgehead atoms. The predicted molar refractivity (Wildman–Crippen MR) is 115 cm³/mol. The zero-order valence-corrected chi connectivity index (χ0v) is 17.0. The average Bonchev–Trinajstić information content (AvgIpc) is 3.53. The summed E-state index contributed by atoms with van der Waals surface area (Å²) in [5.41, 5.74) is 3.72. The molecule has 0 unspecified atom stereocenters. The van der Waals surface area contributed by atoms with Crippen LogP contribution < -0.4 is 0 Å². The molecule has 0 aliphatic carbocycles.